The Morgan fingerprint density at radius 2 is 2.38 bits per heavy atom. The van der Waals surface area contributed by atoms with E-state index in [-0.39, 0.29) is 5.75 Å². The molecule has 5 nitrogen and oxygen atoms in total. The lowest BCUT2D eigenvalue weighted by molar-refractivity contribution is 0.257. The van der Waals surface area contributed by atoms with Gasteiger partial charge in [-0.05, 0) is 49.9 Å². The van der Waals surface area contributed by atoms with Gasteiger partial charge in [-0.2, -0.15) is 4.98 Å². The summed E-state index contributed by atoms with van der Waals surface area (Å²) in [7, 11) is 0. The number of benzene rings is 1. The van der Waals surface area contributed by atoms with E-state index in [2.05, 4.69) is 22.4 Å². The monoisotopic (exact) mass is 287 g/mol. The van der Waals surface area contributed by atoms with Crippen LogP contribution in [0.15, 0.2) is 28.8 Å². The molecule has 5 heteroatoms. The van der Waals surface area contributed by atoms with Crippen LogP contribution in [0.5, 0.6) is 5.75 Å². The summed E-state index contributed by atoms with van der Waals surface area (Å²) in [6, 6.07) is 6.91. The van der Waals surface area contributed by atoms with Gasteiger partial charge in [0.1, 0.15) is 5.75 Å². The largest absolute Gasteiger partial charge is 0.508 e. The zero-order valence-electron chi connectivity index (χ0n) is 12.2. The molecule has 1 fully saturated rings. The normalized spacial score (nSPS) is 20.3. The van der Waals surface area contributed by atoms with Crippen molar-refractivity contribution in [2.24, 2.45) is 11.8 Å². The Balaban J connectivity index is 1.67. The molecule has 2 heterocycles. The van der Waals surface area contributed by atoms with E-state index < -0.39 is 0 Å². The molecule has 0 radical (unpaired) electrons. The number of aromatic hydroxyl groups is 1. The molecular formula is C16H21N3O2. The van der Waals surface area contributed by atoms with Gasteiger partial charge in [-0.3, -0.25) is 0 Å². The zero-order chi connectivity index (χ0) is 14.7. The van der Waals surface area contributed by atoms with Crippen molar-refractivity contribution in [2.75, 3.05) is 13.1 Å². The first-order valence-corrected chi connectivity index (χ1v) is 7.55. The van der Waals surface area contributed by atoms with Crippen LogP contribution in [0, 0.1) is 11.8 Å². The SMILES string of the molecule is CC(Cc1nc(-c2cccc(O)c2)no1)C1CCCNC1. The first-order chi connectivity index (χ1) is 10.2. The summed E-state index contributed by atoms with van der Waals surface area (Å²) in [4.78, 5) is 4.45. The maximum Gasteiger partial charge on any atom is 0.227 e. The first-order valence-electron chi connectivity index (χ1n) is 7.55. The maximum absolute atomic E-state index is 9.50. The van der Waals surface area contributed by atoms with E-state index in [0.717, 1.165) is 25.1 Å². The minimum atomic E-state index is 0.209. The number of piperidine rings is 1. The van der Waals surface area contributed by atoms with Gasteiger partial charge in [-0.15, -0.1) is 0 Å². The van der Waals surface area contributed by atoms with Gasteiger partial charge in [0.2, 0.25) is 11.7 Å². The summed E-state index contributed by atoms with van der Waals surface area (Å²) in [6.07, 6.45) is 3.31. The molecule has 2 atom stereocenters. The summed E-state index contributed by atoms with van der Waals surface area (Å²) in [6.45, 7) is 4.45. The molecule has 1 aromatic carbocycles. The Bertz CT molecular complexity index is 591. The van der Waals surface area contributed by atoms with Crippen LogP contribution in [-0.2, 0) is 6.42 Å². The van der Waals surface area contributed by atoms with E-state index >= 15 is 0 Å². The van der Waals surface area contributed by atoms with Gasteiger partial charge in [-0.1, -0.05) is 24.2 Å². The van der Waals surface area contributed by atoms with E-state index in [4.69, 9.17) is 4.52 Å². The minimum absolute atomic E-state index is 0.209. The van der Waals surface area contributed by atoms with Gasteiger partial charge in [-0.25, -0.2) is 0 Å². The Morgan fingerprint density at radius 3 is 3.14 bits per heavy atom. The molecule has 0 bridgehead atoms. The average Bonchev–Trinajstić information content (AvgIpc) is 2.97. The van der Waals surface area contributed by atoms with Crippen LogP contribution in [0.3, 0.4) is 0 Å². The van der Waals surface area contributed by atoms with Gasteiger partial charge < -0.3 is 14.9 Å². The van der Waals surface area contributed by atoms with Crippen molar-refractivity contribution < 1.29 is 9.63 Å². The standard InChI is InChI=1S/C16H21N3O2/c1-11(13-5-3-7-17-10-13)8-15-18-16(19-21-15)12-4-2-6-14(20)9-12/h2,4,6,9,11,13,17,20H,3,5,7-8,10H2,1H3. The van der Waals surface area contributed by atoms with Crippen LogP contribution < -0.4 is 5.32 Å². The molecule has 1 saturated heterocycles. The number of phenolic OH excluding ortho intramolecular Hbond substituents is 1. The summed E-state index contributed by atoms with van der Waals surface area (Å²) in [5.41, 5.74) is 0.775. The van der Waals surface area contributed by atoms with E-state index in [1.807, 2.05) is 6.07 Å². The second-order valence-corrected chi connectivity index (χ2v) is 5.85. The summed E-state index contributed by atoms with van der Waals surface area (Å²) < 4.78 is 5.36. The van der Waals surface area contributed by atoms with E-state index in [0.29, 0.717) is 23.6 Å². The van der Waals surface area contributed by atoms with Crippen LogP contribution in [0.4, 0.5) is 0 Å². The molecular weight excluding hydrogens is 266 g/mol. The van der Waals surface area contributed by atoms with Crippen LogP contribution >= 0.6 is 0 Å². The quantitative estimate of drug-likeness (QED) is 0.904. The van der Waals surface area contributed by atoms with Gasteiger partial charge >= 0.3 is 0 Å². The molecule has 0 saturated carbocycles. The number of rotatable bonds is 4. The highest BCUT2D eigenvalue weighted by Gasteiger charge is 2.22. The van der Waals surface area contributed by atoms with Crippen LogP contribution in [0.1, 0.15) is 25.7 Å². The molecule has 1 aliphatic rings. The van der Waals surface area contributed by atoms with Gasteiger partial charge in [0, 0.05) is 12.0 Å². The third-order valence-corrected chi connectivity index (χ3v) is 4.21. The van der Waals surface area contributed by atoms with Gasteiger partial charge in [0.15, 0.2) is 0 Å². The molecule has 112 valence electrons. The van der Waals surface area contributed by atoms with E-state index in [1.54, 1.807) is 18.2 Å². The molecule has 3 rings (SSSR count). The number of hydrogen-bond donors (Lipinski definition) is 2. The Hall–Kier alpha value is -1.88. The predicted molar refractivity (Wildman–Crippen MR) is 79.9 cm³/mol. The van der Waals surface area contributed by atoms with Crippen LogP contribution in [0.2, 0.25) is 0 Å². The molecule has 21 heavy (non-hydrogen) atoms. The topological polar surface area (TPSA) is 71.2 Å². The average molecular weight is 287 g/mol. The van der Waals surface area contributed by atoms with Gasteiger partial charge in [0.25, 0.3) is 0 Å². The fourth-order valence-electron chi connectivity index (χ4n) is 2.91. The minimum Gasteiger partial charge on any atom is -0.508 e. The smallest absolute Gasteiger partial charge is 0.227 e. The second-order valence-electron chi connectivity index (χ2n) is 5.85. The number of hydrogen-bond acceptors (Lipinski definition) is 5. The number of phenols is 1. The fourth-order valence-corrected chi connectivity index (χ4v) is 2.91. The highest BCUT2D eigenvalue weighted by Crippen LogP contribution is 2.25. The number of nitrogens with one attached hydrogen (secondary N) is 1. The highest BCUT2D eigenvalue weighted by molar-refractivity contribution is 5.56. The first kappa shape index (κ1) is 14.1. The second kappa shape index (κ2) is 6.26. The molecule has 1 aromatic heterocycles. The molecule has 0 aliphatic carbocycles. The van der Waals surface area contributed by atoms with Crippen LogP contribution in [0.25, 0.3) is 11.4 Å². The Labute approximate surface area is 124 Å². The summed E-state index contributed by atoms with van der Waals surface area (Å²) in [5.74, 6) is 2.62. The molecule has 0 amide bonds. The van der Waals surface area contributed by atoms with Crippen molar-refractivity contribution >= 4 is 0 Å². The summed E-state index contributed by atoms with van der Waals surface area (Å²) >= 11 is 0. The predicted octanol–water partition coefficient (Wildman–Crippen LogP) is 2.62. The highest BCUT2D eigenvalue weighted by atomic mass is 16.5. The van der Waals surface area contributed by atoms with E-state index in [9.17, 15) is 5.11 Å². The summed E-state index contributed by atoms with van der Waals surface area (Å²) in [5, 5.41) is 17.0. The molecule has 1 aliphatic heterocycles. The Morgan fingerprint density at radius 1 is 1.48 bits per heavy atom. The third-order valence-electron chi connectivity index (χ3n) is 4.21. The van der Waals surface area contributed by atoms with Crippen LogP contribution in [-0.4, -0.2) is 28.3 Å². The fraction of sp³-hybridized carbons (Fsp3) is 0.500. The third kappa shape index (κ3) is 3.42. The van der Waals surface area contributed by atoms with E-state index in [1.165, 1.54) is 12.8 Å². The van der Waals surface area contributed by atoms with Crippen molar-refractivity contribution in [1.82, 2.24) is 15.5 Å². The number of aromatic nitrogens is 2. The van der Waals surface area contributed by atoms with Crippen molar-refractivity contribution in [1.29, 1.82) is 0 Å². The van der Waals surface area contributed by atoms with Crippen molar-refractivity contribution in [3.05, 3.63) is 30.2 Å². The Kier molecular flexibility index (Phi) is 4.20. The molecule has 0 spiro atoms. The van der Waals surface area contributed by atoms with Crippen molar-refractivity contribution in [2.45, 2.75) is 26.2 Å². The lowest BCUT2D eigenvalue weighted by atomic mass is 9.85. The van der Waals surface area contributed by atoms with Gasteiger partial charge in [0.05, 0.1) is 0 Å². The molecule has 2 unspecified atom stereocenters. The molecule has 2 N–H and O–H groups in total. The van der Waals surface area contributed by atoms with Crippen molar-refractivity contribution in [3.63, 3.8) is 0 Å². The zero-order valence-corrected chi connectivity index (χ0v) is 12.2. The lowest BCUT2D eigenvalue weighted by Crippen LogP contribution is -2.33. The number of nitrogens with zero attached hydrogens (tertiary/aromatic N) is 2. The maximum atomic E-state index is 9.50. The van der Waals surface area contributed by atoms with Crippen molar-refractivity contribution in [3.8, 4) is 17.1 Å². The lowest BCUT2D eigenvalue weighted by Gasteiger charge is -2.27. The molecule has 2 aromatic rings.